The Kier molecular flexibility index (Phi) is 6.54. The van der Waals surface area contributed by atoms with E-state index in [2.05, 4.69) is 20.1 Å². The van der Waals surface area contributed by atoms with Gasteiger partial charge in [0, 0.05) is 30.9 Å². The molecule has 2 aromatic heterocycles. The molecule has 1 aromatic carbocycles. The number of sulfonamides is 1. The van der Waals surface area contributed by atoms with Crippen molar-refractivity contribution in [2.75, 3.05) is 15.8 Å². The number of anilines is 2. The minimum absolute atomic E-state index is 0.166. The lowest BCUT2D eigenvalue weighted by Crippen LogP contribution is -2.19. The van der Waals surface area contributed by atoms with Crippen LogP contribution in [0.15, 0.2) is 30.6 Å². The van der Waals surface area contributed by atoms with E-state index < -0.39 is 38.7 Å². The van der Waals surface area contributed by atoms with Gasteiger partial charge >= 0.3 is 0 Å². The lowest BCUT2D eigenvalue weighted by molar-refractivity contribution is 0.0984. The molecule has 0 spiro atoms. The normalized spacial score (nSPS) is 11.8. The molecule has 11 heteroatoms. The highest BCUT2D eigenvalue weighted by Crippen LogP contribution is 2.24. The fourth-order valence-corrected chi connectivity index (χ4v) is 4.15. The van der Waals surface area contributed by atoms with Crippen LogP contribution in [0.4, 0.5) is 20.3 Å². The van der Waals surface area contributed by atoms with Gasteiger partial charge in [-0.25, -0.2) is 26.7 Å². The number of benzene rings is 1. The maximum absolute atomic E-state index is 14.8. The van der Waals surface area contributed by atoms with Gasteiger partial charge in [-0.2, -0.15) is 0 Å². The summed E-state index contributed by atoms with van der Waals surface area (Å²) in [5, 5.41) is 7.44. The van der Waals surface area contributed by atoms with Crippen molar-refractivity contribution in [3.05, 3.63) is 53.4 Å². The number of hydrogen-bond acceptors (Lipinski definition) is 6. The van der Waals surface area contributed by atoms with Crippen LogP contribution in [0, 0.1) is 11.6 Å². The first-order chi connectivity index (χ1) is 14.6. The average Bonchev–Trinajstić information content (AvgIpc) is 3.04. The Hall–Kier alpha value is -3.08. The smallest absolute Gasteiger partial charge is 0.232 e. The zero-order valence-electron chi connectivity index (χ0n) is 17.3. The minimum atomic E-state index is -3.80. The maximum atomic E-state index is 14.8. The Bertz CT molecular complexity index is 1230. The van der Waals surface area contributed by atoms with Gasteiger partial charge in [-0.1, -0.05) is 6.92 Å². The largest absolute Gasteiger partial charge is 0.366 e. The van der Waals surface area contributed by atoms with E-state index in [4.69, 9.17) is 0 Å². The lowest BCUT2D eigenvalue weighted by atomic mass is 10.0. The van der Waals surface area contributed by atoms with Crippen LogP contribution in [0.1, 0.15) is 43.1 Å². The molecule has 2 N–H and O–H groups in total. The third-order valence-corrected chi connectivity index (χ3v) is 5.75. The number of carbonyl (C=O) groups is 1. The molecule has 8 nitrogen and oxygen atoms in total. The summed E-state index contributed by atoms with van der Waals surface area (Å²) in [5.74, 6) is -2.79. The van der Waals surface area contributed by atoms with E-state index in [9.17, 15) is 22.0 Å². The third kappa shape index (κ3) is 5.35. The second-order valence-corrected chi connectivity index (χ2v) is 9.24. The topological polar surface area (TPSA) is 105 Å². The van der Waals surface area contributed by atoms with E-state index in [0.29, 0.717) is 23.4 Å². The molecule has 0 atom stereocenters. The zero-order valence-corrected chi connectivity index (χ0v) is 18.1. The molecule has 0 radical (unpaired) electrons. The minimum Gasteiger partial charge on any atom is -0.366 e. The van der Waals surface area contributed by atoms with Crippen LogP contribution in [0.25, 0.3) is 5.65 Å². The number of rotatable bonds is 9. The molecular formula is C20H23F2N5O3S. The number of hydrogen-bond donors (Lipinski definition) is 2. The predicted octanol–water partition coefficient (Wildman–Crippen LogP) is 3.40. The molecule has 3 aromatic rings. The van der Waals surface area contributed by atoms with Crippen LogP contribution in [0.3, 0.4) is 0 Å². The van der Waals surface area contributed by atoms with Gasteiger partial charge in [0.1, 0.15) is 5.82 Å². The molecular weight excluding hydrogens is 428 g/mol. The molecule has 166 valence electrons. The summed E-state index contributed by atoms with van der Waals surface area (Å²) in [6.07, 6.45) is 2.96. The molecule has 31 heavy (non-hydrogen) atoms. The van der Waals surface area contributed by atoms with Gasteiger partial charge in [0.2, 0.25) is 10.0 Å². The Morgan fingerprint density at radius 1 is 1.26 bits per heavy atom. The summed E-state index contributed by atoms with van der Waals surface area (Å²) in [7, 11) is -3.80. The molecule has 2 heterocycles. The van der Waals surface area contributed by atoms with Crippen molar-refractivity contribution in [2.24, 2.45) is 0 Å². The van der Waals surface area contributed by atoms with Crippen LogP contribution in [-0.4, -0.2) is 40.6 Å². The van der Waals surface area contributed by atoms with Crippen molar-refractivity contribution in [2.45, 2.75) is 39.7 Å². The first-order valence-electron chi connectivity index (χ1n) is 9.72. The number of nitrogens with one attached hydrogen (secondary N) is 2. The number of aromatic nitrogens is 3. The van der Waals surface area contributed by atoms with Crippen molar-refractivity contribution in [1.29, 1.82) is 0 Å². The summed E-state index contributed by atoms with van der Waals surface area (Å²) in [4.78, 5) is 16.9. The Balaban J connectivity index is 1.86. The monoisotopic (exact) mass is 451 g/mol. The highest BCUT2D eigenvalue weighted by molar-refractivity contribution is 7.92. The van der Waals surface area contributed by atoms with Crippen LogP contribution < -0.4 is 10.0 Å². The molecule has 0 saturated heterocycles. The predicted molar refractivity (Wildman–Crippen MR) is 114 cm³/mol. The first-order valence-corrected chi connectivity index (χ1v) is 11.4. The van der Waals surface area contributed by atoms with E-state index >= 15 is 0 Å². The van der Waals surface area contributed by atoms with Crippen LogP contribution in [0.2, 0.25) is 0 Å². The number of nitrogens with zero attached hydrogens (tertiary/aromatic N) is 3. The van der Waals surface area contributed by atoms with Crippen molar-refractivity contribution >= 4 is 33.0 Å². The van der Waals surface area contributed by atoms with E-state index in [-0.39, 0.29) is 18.2 Å². The van der Waals surface area contributed by atoms with Gasteiger partial charge in [0.25, 0.3) is 0 Å². The van der Waals surface area contributed by atoms with Gasteiger partial charge in [-0.05, 0) is 38.0 Å². The molecule has 0 saturated carbocycles. The van der Waals surface area contributed by atoms with E-state index in [1.54, 1.807) is 19.2 Å². The van der Waals surface area contributed by atoms with Crippen molar-refractivity contribution in [3.8, 4) is 0 Å². The van der Waals surface area contributed by atoms with Gasteiger partial charge in [0.05, 0.1) is 17.0 Å². The summed E-state index contributed by atoms with van der Waals surface area (Å²) >= 11 is 0. The van der Waals surface area contributed by atoms with E-state index in [1.807, 2.05) is 13.8 Å². The summed E-state index contributed by atoms with van der Waals surface area (Å²) in [5.41, 5.74) is -0.334. The van der Waals surface area contributed by atoms with Crippen molar-refractivity contribution < 1.29 is 22.0 Å². The van der Waals surface area contributed by atoms with Crippen LogP contribution >= 0.6 is 0 Å². The summed E-state index contributed by atoms with van der Waals surface area (Å²) < 4.78 is 56.4. The molecule has 0 aliphatic carbocycles. The fourth-order valence-electron chi connectivity index (χ4n) is 3.02. The Labute approximate surface area is 178 Å². The average molecular weight is 451 g/mol. The first kappa shape index (κ1) is 22.6. The number of ketones is 1. The Morgan fingerprint density at radius 2 is 2.00 bits per heavy atom. The second-order valence-electron chi connectivity index (χ2n) is 7.40. The number of carbonyl (C=O) groups excluding carboxylic acids is 1. The summed E-state index contributed by atoms with van der Waals surface area (Å²) in [6, 6.07) is 3.71. The van der Waals surface area contributed by atoms with Gasteiger partial charge in [-0.3, -0.25) is 9.52 Å². The lowest BCUT2D eigenvalue weighted by Gasteiger charge is -2.11. The highest BCUT2D eigenvalue weighted by Gasteiger charge is 2.23. The quantitative estimate of drug-likeness (QED) is 0.483. The maximum Gasteiger partial charge on any atom is 0.232 e. The third-order valence-electron chi connectivity index (χ3n) is 4.28. The van der Waals surface area contributed by atoms with E-state index in [0.717, 1.165) is 12.1 Å². The molecule has 3 rings (SSSR count). The van der Waals surface area contributed by atoms with Crippen LogP contribution in [-0.2, 0) is 16.4 Å². The fraction of sp³-hybridized carbons (Fsp3) is 0.350. The molecule has 0 unspecified atom stereocenters. The van der Waals surface area contributed by atoms with Gasteiger partial charge < -0.3 is 5.32 Å². The molecule has 0 aliphatic rings. The number of Topliss-reactive ketones (excluding diaryl/α,β-unsaturated/α-hetero) is 1. The second kappa shape index (κ2) is 8.96. The SMILES string of the molecule is CCCS(=O)(=O)Nc1ccc(F)c(C(=O)Cc2cnc3cc(NC(C)C)nn3c2)c1F. The zero-order chi connectivity index (χ0) is 22.8. The Morgan fingerprint density at radius 3 is 2.68 bits per heavy atom. The number of fused-ring (bicyclic) bond motifs is 1. The molecule has 0 fully saturated rings. The van der Waals surface area contributed by atoms with Gasteiger partial charge in [0.15, 0.2) is 23.1 Å². The molecule has 0 amide bonds. The van der Waals surface area contributed by atoms with Gasteiger partial charge in [-0.15, -0.1) is 5.10 Å². The van der Waals surface area contributed by atoms with Crippen molar-refractivity contribution in [1.82, 2.24) is 14.6 Å². The summed E-state index contributed by atoms with van der Waals surface area (Å²) in [6.45, 7) is 5.57. The van der Waals surface area contributed by atoms with Crippen LogP contribution in [0.5, 0.6) is 0 Å². The molecule has 0 aliphatic heterocycles. The number of halogens is 2. The molecule has 0 bridgehead atoms. The standard InChI is InChI=1S/C20H23F2N5O3S/c1-4-7-31(29,30)26-15-6-5-14(21)19(20(15)22)16(28)8-13-10-23-18-9-17(24-12(2)3)25-27(18)11-13/h5-6,9-12,26H,4,7-8H2,1-3H3,(H,24,25). The van der Waals surface area contributed by atoms with E-state index in [1.165, 1.54) is 10.7 Å². The van der Waals surface area contributed by atoms with Crippen molar-refractivity contribution in [3.63, 3.8) is 0 Å². The highest BCUT2D eigenvalue weighted by atomic mass is 32.2.